The van der Waals surface area contributed by atoms with Crippen molar-refractivity contribution in [3.63, 3.8) is 0 Å². The minimum Gasteiger partial charge on any atom is -0.251 e. The Kier molecular flexibility index (Phi) is 0.647. The summed E-state index contributed by atoms with van der Waals surface area (Å²) in [5, 5.41) is 0. The Morgan fingerprint density at radius 3 is 2.14 bits per heavy atom. The highest BCUT2D eigenvalue weighted by Crippen LogP contribution is 2.22. The first-order chi connectivity index (χ1) is 3.47. The van der Waals surface area contributed by atoms with E-state index in [9.17, 15) is 0 Å². The van der Waals surface area contributed by atoms with E-state index in [0.717, 1.165) is 13.1 Å². The first-order valence-corrected chi connectivity index (χ1v) is 2.53. The van der Waals surface area contributed by atoms with Crippen LogP contribution in [0.3, 0.4) is 0 Å². The molecule has 0 atom stereocenters. The summed E-state index contributed by atoms with van der Waals surface area (Å²) >= 11 is 0. The molecule has 0 unspecified atom stereocenters. The number of rotatable bonds is 1. The second-order valence-corrected chi connectivity index (χ2v) is 1.89. The summed E-state index contributed by atoms with van der Waals surface area (Å²) in [6, 6.07) is 0. The molecule has 2 aliphatic heterocycles. The summed E-state index contributed by atoms with van der Waals surface area (Å²) in [4.78, 5) is 11.2. The summed E-state index contributed by atoms with van der Waals surface area (Å²) in [6.07, 6.45) is 1.33. The third-order valence-electron chi connectivity index (χ3n) is 1.37. The first-order valence-electron chi connectivity index (χ1n) is 2.53. The number of nitrogens with zero attached hydrogens (tertiary/aromatic N) is 1. The molecule has 0 saturated carbocycles. The van der Waals surface area contributed by atoms with Crippen LogP contribution in [0.25, 0.3) is 0 Å². The van der Waals surface area contributed by atoms with Crippen molar-refractivity contribution in [2.75, 3.05) is 13.1 Å². The third-order valence-corrected chi connectivity index (χ3v) is 1.37. The minimum absolute atomic E-state index is 0.0359. The van der Waals surface area contributed by atoms with Crippen LogP contribution < -0.4 is 0 Å². The van der Waals surface area contributed by atoms with E-state index in [1.54, 1.807) is 0 Å². The second kappa shape index (κ2) is 1.18. The maximum Gasteiger partial charge on any atom is 0.280 e. The zero-order valence-electron chi connectivity index (χ0n) is 3.96. The number of hydrogen-bond acceptors (Lipinski definition) is 3. The van der Waals surface area contributed by atoms with Crippen LogP contribution in [0.15, 0.2) is 0 Å². The minimum atomic E-state index is 0.0359. The monoisotopic (exact) mass is 101 g/mol. The molecule has 0 aliphatic carbocycles. The second-order valence-electron chi connectivity index (χ2n) is 1.89. The molecular formula is C4H7NO2. The summed E-state index contributed by atoms with van der Waals surface area (Å²) in [7, 11) is 0. The summed E-state index contributed by atoms with van der Waals surface area (Å²) < 4.78 is 0. The van der Waals surface area contributed by atoms with Gasteiger partial charge >= 0.3 is 0 Å². The molecular weight excluding hydrogens is 94.0 g/mol. The van der Waals surface area contributed by atoms with Gasteiger partial charge in [-0.1, -0.05) is 0 Å². The van der Waals surface area contributed by atoms with Crippen LogP contribution in [-0.4, -0.2) is 24.4 Å². The fourth-order valence-electron chi connectivity index (χ4n) is 0.698. The van der Waals surface area contributed by atoms with Gasteiger partial charge in [-0.2, -0.15) is 9.78 Å². The fraction of sp³-hybridized carbons (Fsp3) is 1.00. The molecule has 0 aromatic rings. The number of likely N-dealkylation sites (tertiary alicyclic amines) is 1. The molecule has 40 valence electrons. The van der Waals surface area contributed by atoms with E-state index in [4.69, 9.17) is 0 Å². The lowest BCUT2D eigenvalue weighted by Crippen LogP contribution is -2.39. The Morgan fingerprint density at radius 1 is 1.29 bits per heavy atom. The fourth-order valence-corrected chi connectivity index (χ4v) is 0.698. The van der Waals surface area contributed by atoms with Crippen LogP contribution in [0.4, 0.5) is 0 Å². The van der Waals surface area contributed by atoms with Gasteiger partial charge in [0.1, 0.15) is 0 Å². The maximum absolute atomic E-state index is 4.54. The third kappa shape index (κ3) is 0.534. The smallest absolute Gasteiger partial charge is 0.251 e. The summed E-state index contributed by atoms with van der Waals surface area (Å²) in [6.45, 7) is 2.29. The average molecular weight is 101 g/mol. The van der Waals surface area contributed by atoms with Gasteiger partial charge in [0.2, 0.25) is 0 Å². The van der Waals surface area contributed by atoms with Crippen molar-refractivity contribution in [1.82, 2.24) is 4.90 Å². The quantitative estimate of drug-likeness (QED) is 0.342. The van der Waals surface area contributed by atoms with Crippen LogP contribution in [0.2, 0.25) is 0 Å². The Morgan fingerprint density at radius 2 is 2.00 bits per heavy atom. The van der Waals surface area contributed by atoms with Crippen molar-refractivity contribution in [2.24, 2.45) is 0 Å². The van der Waals surface area contributed by atoms with Gasteiger partial charge in [-0.15, -0.1) is 0 Å². The normalized spacial score (nSPS) is 32.6. The summed E-state index contributed by atoms with van der Waals surface area (Å²) in [5.74, 6) is 0. The van der Waals surface area contributed by atoms with Gasteiger partial charge in [-0.25, -0.2) is 0 Å². The van der Waals surface area contributed by atoms with Crippen molar-refractivity contribution < 1.29 is 9.78 Å². The lowest BCUT2D eigenvalue weighted by molar-refractivity contribution is 0.0850. The molecule has 7 heavy (non-hydrogen) atoms. The first kappa shape index (κ1) is 3.83. The molecule has 0 bridgehead atoms. The molecule has 3 heteroatoms. The summed E-state index contributed by atoms with van der Waals surface area (Å²) in [5.41, 5.74) is 0. The molecule has 2 aliphatic rings. The standard InChI is InChI=1S/C4H7NO2/c1-2-5(3-1)4-6-7-4/h4H,1-3H2. The molecule has 0 amide bonds. The van der Waals surface area contributed by atoms with Crippen LogP contribution in [0.1, 0.15) is 6.42 Å². The molecule has 3 nitrogen and oxygen atoms in total. The van der Waals surface area contributed by atoms with Gasteiger partial charge in [-0.05, 0) is 6.42 Å². The average Bonchev–Trinajstić information content (AvgIpc) is 2.10. The van der Waals surface area contributed by atoms with E-state index in [2.05, 4.69) is 14.7 Å². The van der Waals surface area contributed by atoms with Gasteiger partial charge in [0.05, 0.1) is 0 Å². The highest BCUT2D eigenvalue weighted by molar-refractivity contribution is 4.68. The van der Waals surface area contributed by atoms with Crippen LogP contribution in [0, 0.1) is 0 Å². The lowest BCUT2D eigenvalue weighted by atomic mass is 10.2. The van der Waals surface area contributed by atoms with Gasteiger partial charge in [0.15, 0.2) is 0 Å². The Bertz CT molecular complexity index is 77.8. The van der Waals surface area contributed by atoms with Crippen molar-refractivity contribution in [1.29, 1.82) is 0 Å². The molecule has 2 rings (SSSR count). The van der Waals surface area contributed by atoms with Crippen molar-refractivity contribution in [3.8, 4) is 0 Å². The van der Waals surface area contributed by atoms with E-state index in [-0.39, 0.29) is 6.41 Å². The SMILES string of the molecule is C1CN(C2OO2)C1. The molecule has 2 heterocycles. The van der Waals surface area contributed by atoms with Crippen molar-refractivity contribution >= 4 is 0 Å². The van der Waals surface area contributed by atoms with E-state index in [1.807, 2.05) is 0 Å². The van der Waals surface area contributed by atoms with Gasteiger partial charge < -0.3 is 0 Å². The molecule has 0 spiro atoms. The van der Waals surface area contributed by atoms with Crippen molar-refractivity contribution in [3.05, 3.63) is 0 Å². The molecule has 0 radical (unpaired) electrons. The zero-order chi connectivity index (χ0) is 4.69. The van der Waals surface area contributed by atoms with Gasteiger partial charge in [0, 0.05) is 13.1 Å². The zero-order valence-corrected chi connectivity index (χ0v) is 3.96. The van der Waals surface area contributed by atoms with E-state index in [0.29, 0.717) is 0 Å². The van der Waals surface area contributed by atoms with E-state index in [1.165, 1.54) is 6.42 Å². The number of hydrogen-bond donors (Lipinski definition) is 0. The van der Waals surface area contributed by atoms with Crippen molar-refractivity contribution in [2.45, 2.75) is 12.8 Å². The lowest BCUT2D eigenvalue weighted by Gasteiger charge is -2.25. The molecule has 2 fully saturated rings. The Labute approximate surface area is 41.7 Å². The van der Waals surface area contributed by atoms with Crippen LogP contribution >= 0.6 is 0 Å². The molecule has 0 aromatic heterocycles. The highest BCUT2D eigenvalue weighted by Gasteiger charge is 2.36. The molecule has 0 aromatic carbocycles. The van der Waals surface area contributed by atoms with E-state index < -0.39 is 0 Å². The Hall–Kier alpha value is -0.120. The topological polar surface area (TPSA) is 28.3 Å². The predicted molar refractivity (Wildman–Crippen MR) is 22.1 cm³/mol. The van der Waals surface area contributed by atoms with Gasteiger partial charge in [0.25, 0.3) is 6.41 Å². The Balaban J connectivity index is 1.83. The van der Waals surface area contributed by atoms with Gasteiger partial charge in [-0.3, -0.25) is 4.90 Å². The molecule has 2 saturated heterocycles. The van der Waals surface area contributed by atoms with Crippen LogP contribution in [-0.2, 0) is 9.78 Å². The largest absolute Gasteiger partial charge is 0.280 e. The van der Waals surface area contributed by atoms with E-state index >= 15 is 0 Å². The molecule has 0 N–H and O–H groups in total. The predicted octanol–water partition coefficient (Wildman–Crippen LogP) is -0.0625. The highest BCUT2D eigenvalue weighted by atomic mass is 17.4. The maximum atomic E-state index is 4.54. The van der Waals surface area contributed by atoms with Crippen LogP contribution in [0.5, 0.6) is 0 Å².